The third-order valence-corrected chi connectivity index (χ3v) is 11.8. The van der Waals surface area contributed by atoms with Crippen molar-refractivity contribution in [3.05, 3.63) is 127 Å². The van der Waals surface area contributed by atoms with Crippen LogP contribution in [0.5, 0.6) is 11.5 Å². The first-order chi connectivity index (χ1) is 20.3. The van der Waals surface area contributed by atoms with E-state index in [1.165, 1.54) is 36.4 Å². The highest BCUT2D eigenvalue weighted by Crippen LogP contribution is 2.37. The molecular formula is C28H20F6N2O6Si. The summed E-state index contributed by atoms with van der Waals surface area (Å²) in [6, 6.07) is 7.17. The van der Waals surface area contributed by atoms with Gasteiger partial charge in [0.25, 0.3) is 0 Å². The van der Waals surface area contributed by atoms with E-state index >= 15 is 8.78 Å². The van der Waals surface area contributed by atoms with Gasteiger partial charge < -0.3 is 9.47 Å². The summed E-state index contributed by atoms with van der Waals surface area (Å²) in [6.45, 7) is 0. The Hall–Kier alpha value is -4.92. The molecular weight excluding hydrogens is 602 g/mol. The maximum absolute atomic E-state index is 15.8. The van der Waals surface area contributed by atoms with Gasteiger partial charge in [0.2, 0.25) is 0 Å². The molecule has 0 atom stereocenters. The molecule has 0 spiro atoms. The minimum absolute atomic E-state index is 0.157. The molecule has 0 amide bonds. The predicted molar refractivity (Wildman–Crippen MR) is 144 cm³/mol. The Morgan fingerprint density at radius 3 is 1.28 bits per heavy atom. The minimum Gasteiger partial charge on any atom is -0.490 e. The molecule has 0 aromatic heterocycles. The van der Waals surface area contributed by atoms with Crippen molar-refractivity contribution < 1.29 is 45.7 Å². The molecule has 4 aromatic carbocycles. The lowest BCUT2D eigenvalue weighted by molar-refractivity contribution is -0.386. The number of nitro benzene ring substituents is 2. The van der Waals surface area contributed by atoms with Crippen LogP contribution in [-0.2, 0) is 12.1 Å². The summed E-state index contributed by atoms with van der Waals surface area (Å²) in [5, 5.41) is 22.9. The van der Waals surface area contributed by atoms with E-state index in [1.807, 2.05) is 0 Å². The maximum Gasteiger partial charge on any atom is 0.313 e. The van der Waals surface area contributed by atoms with Crippen LogP contribution in [0.4, 0.5) is 37.7 Å². The van der Waals surface area contributed by atoms with Gasteiger partial charge in [-0.3, -0.25) is 20.2 Å². The van der Waals surface area contributed by atoms with Gasteiger partial charge in [0, 0.05) is 23.3 Å². The Morgan fingerprint density at radius 1 is 0.605 bits per heavy atom. The van der Waals surface area contributed by atoms with Crippen molar-refractivity contribution in [1.82, 2.24) is 0 Å². The second kappa shape index (κ2) is 12.1. The Bertz CT molecular complexity index is 1630. The van der Waals surface area contributed by atoms with Crippen LogP contribution in [0, 0.1) is 55.1 Å². The number of nitro groups is 2. The Labute approximate surface area is 240 Å². The summed E-state index contributed by atoms with van der Waals surface area (Å²) in [7, 11) is -2.49. The monoisotopic (exact) mass is 622 g/mol. The summed E-state index contributed by atoms with van der Waals surface area (Å²) in [5.74, 6) is -9.88. The fraction of sp³-hybridized carbons (Fsp3) is 0.143. The Balaban J connectivity index is 2.21. The number of nitrogens with zero attached hydrogens (tertiary/aromatic N) is 2. The van der Waals surface area contributed by atoms with Crippen LogP contribution in [0.1, 0.15) is 11.1 Å². The van der Waals surface area contributed by atoms with E-state index in [4.69, 9.17) is 9.47 Å². The number of halogens is 6. The van der Waals surface area contributed by atoms with Gasteiger partial charge in [-0.1, -0.05) is 24.3 Å². The zero-order valence-corrected chi connectivity index (χ0v) is 23.3. The molecule has 15 heteroatoms. The van der Waals surface area contributed by atoms with Gasteiger partial charge in [-0.05, 0) is 46.7 Å². The number of methoxy groups -OCH3 is 2. The molecule has 0 N–H and O–H groups in total. The van der Waals surface area contributed by atoms with Gasteiger partial charge in [0.05, 0.1) is 24.1 Å². The molecule has 0 bridgehead atoms. The van der Waals surface area contributed by atoms with Gasteiger partial charge in [-0.2, -0.15) is 0 Å². The molecule has 0 aliphatic heterocycles. The van der Waals surface area contributed by atoms with Crippen LogP contribution < -0.4 is 19.8 Å². The van der Waals surface area contributed by atoms with Crippen molar-refractivity contribution in [3.63, 3.8) is 0 Å². The van der Waals surface area contributed by atoms with E-state index in [1.54, 1.807) is 0 Å². The lowest BCUT2D eigenvalue weighted by atomic mass is 10.2. The average molecular weight is 623 g/mol. The molecule has 4 rings (SSSR count). The van der Waals surface area contributed by atoms with Crippen LogP contribution in [-0.4, -0.2) is 32.1 Å². The summed E-state index contributed by atoms with van der Waals surface area (Å²) < 4.78 is 99.5. The van der Waals surface area contributed by atoms with Crippen molar-refractivity contribution in [2.45, 2.75) is 12.1 Å². The number of para-hydroxylation sites is 2. The molecule has 0 aliphatic carbocycles. The molecule has 0 saturated carbocycles. The molecule has 0 aliphatic rings. The smallest absolute Gasteiger partial charge is 0.313 e. The zero-order valence-electron chi connectivity index (χ0n) is 22.3. The zero-order chi connectivity index (χ0) is 31.6. The van der Waals surface area contributed by atoms with E-state index in [0.717, 1.165) is 14.2 Å². The largest absolute Gasteiger partial charge is 0.490 e. The second-order valence-electron chi connectivity index (χ2n) is 9.38. The molecule has 0 saturated heterocycles. The molecule has 0 heterocycles. The van der Waals surface area contributed by atoms with Crippen LogP contribution >= 0.6 is 0 Å². The van der Waals surface area contributed by atoms with Gasteiger partial charge in [0.1, 0.15) is 19.7 Å². The van der Waals surface area contributed by atoms with Crippen molar-refractivity contribution >= 4 is 29.8 Å². The van der Waals surface area contributed by atoms with E-state index in [-0.39, 0.29) is 34.8 Å². The summed E-state index contributed by atoms with van der Waals surface area (Å²) >= 11 is 0. The van der Waals surface area contributed by atoms with E-state index in [2.05, 4.69) is 0 Å². The van der Waals surface area contributed by atoms with Crippen LogP contribution in [0.3, 0.4) is 0 Å². The fourth-order valence-corrected chi connectivity index (χ4v) is 10.1. The normalized spacial score (nSPS) is 11.3. The number of benzene rings is 4. The van der Waals surface area contributed by atoms with Gasteiger partial charge in [-0.15, -0.1) is 0 Å². The topological polar surface area (TPSA) is 105 Å². The van der Waals surface area contributed by atoms with Crippen molar-refractivity contribution in [2.24, 2.45) is 0 Å². The quantitative estimate of drug-likeness (QED) is 0.0763. The first-order valence-electron chi connectivity index (χ1n) is 12.2. The van der Waals surface area contributed by atoms with Gasteiger partial charge in [-0.25, -0.2) is 26.3 Å². The van der Waals surface area contributed by atoms with E-state index < -0.39 is 86.7 Å². The minimum atomic E-state index is -4.74. The molecule has 0 radical (unpaired) electrons. The number of hydrogen-bond donors (Lipinski definition) is 0. The highest BCUT2D eigenvalue weighted by atomic mass is 28.3. The predicted octanol–water partition coefficient (Wildman–Crippen LogP) is 5.48. The van der Waals surface area contributed by atoms with Crippen molar-refractivity contribution in [1.29, 1.82) is 0 Å². The standard InChI is InChI=1S/C28H20F6N2O6Si/c1-41-23-7-3-5-15(27(23)35(37)38)13-43(25-11-19(31)17(29)9-21(25)33,26-12-20(32)18(30)10-22(26)34)14-16-6-4-8-24(42-2)28(16)36(39)40/h3-12H,13-14H2,1-2H3. The fourth-order valence-electron chi connectivity index (χ4n) is 5.18. The second-order valence-corrected chi connectivity index (χ2v) is 13.3. The third-order valence-electron chi connectivity index (χ3n) is 7.01. The number of ether oxygens (including phenoxy) is 2. The maximum atomic E-state index is 15.8. The van der Waals surface area contributed by atoms with Crippen molar-refractivity contribution in [3.8, 4) is 11.5 Å². The molecule has 0 fully saturated rings. The lowest BCUT2D eigenvalue weighted by Crippen LogP contribution is -2.65. The average Bonchev–Trinajstić information content (AvgIpc) is 2.95. The highest BCUT2D eigenvalue weighted by molar-refractivity contribution is 7.01. The van der Waals surface area contributed by atoms with Crippen LogP contribution in [0.25, 0.3) is 0 Å². The molecule has 224 valence electrons. The Kier molecular flexibility index (Phi) is 8.75. The summed E-state index contributed by atoms with van der Waals surface area (Å²) in [5.41, 5.74) is -1.77. The lowest BCUT2D eigenvalue weighted by Gasteiger charge is -2.34. The van der Waals surface area contributed by atoms with Crippen molar-refractivity contribution in [2.75, 3.05) is 14.2 Å². The third kappa shape index (κ3) is 5.75. The number of hydrogen-bond acceptors (Lipinski definition) is 6. The molecule has 8 nitrogen and oxygen atoms in total. The first kappa shape index (κ1) is 31.0. The van der Waals surface area contributed by atoms with Crippen LogP contribution in [0.2, 0.25) is 0 Å². The molecule has 0 unspecified atom stereocenters. The summed E-state index contributed by atoms with van der Waals surface area (Å²) in [6.07, 6.45) is 0. The van der Waals surface area contributed by atoms with Gasteiger partial charge >= 0.3 is 11.4 Å². The van der Waals surface area contributed by atoms with E-state index in [0.29, 0.717) is 12.1 Å². The van der Waals surface area contributed by atoms with E-state index in [9.17, 15) is 37.8 Å². The molecule has 43 heavy (non-hydrogen) atoms. The van der Waals surface area contributed by atoms with Crippen LogP contribution in [0.15, 0.2) is 60.7 Å². The molecule has 4 aromatic rings. The summed E-state index contributed by atoms with van der Waals surface area (Å²) in [4.78, 5) is 22.6. The highest BCUT2D eigenvalue weighted by Gasteiger charge is 2.46. The Morgan fingerprint density at radius 2 is 0.953 bits per heavy atom. The number of rotatable bonds is 10. The SMILES string of the molecule is COc1cccc(C[Si](Cc2cccc(OC)c2[N+](=O)[O-])(c2cc(F)c(F)cc2F)c2cc(F)c(F)cc2F)c1[N+](=O)[O-]. The first-order valence-corrected chi connectivity index (χ1v) is 14.7. The van der Waals surface area contributed by atoms with Gasteiger partial charge in [0.15, 0.2) is 34.8 Å².